The van der Waals surface area contributed by atoms with E-state index >= 15 is 0 Å². The summed E-state index contributed by atoms with van der Waals surface area (Å²) in [7, 11) is -2.07. The van der Waals surface area contributed by atoms with Crippen LogP contribution in [0.15, 0.2) is 24.3 Å². The van der Waals surface area contributed by atoms with E-state index < -0.39 is 20.1 Å². The van der Waals surface area contributed by atoms with Crippen LogP contribution >= 0.6 is 11.6 Å². The first-order chi connectivity index (χ1) is 8.26. The fraction of sp³-hybridized carbons (Fsp3) is 0.500. The second kappa shape index (κ2) is 5.47. The van der Waals surface area contributed by atoms with Gasteiger partial charge >= 0.3 is 0 Å². The van der Waals surface area contributed by atoms with Crippen molar-refractivity contribution < 1.29 is 18.3 Å². The highest BCUT2D eigenvalue weighted by Crippen LogP contribution is 2.39. The van der Waals surface area contributed by atoms with Crippen LogP contribution in [0.1, 0.15) is 25.0 Å². The van der Waals surface area contributed by atoms with Crippen molar-refractivity contribution in [3.8, 4) is 5.75 Å². The Bertz CT molecular complexity index is 497. The van der Waals surface area contributed by atoms with Gasteiger partial charge in [-0.2, -0.15) is 0 Å². The third-order valence-electron chi connectivity index (χ3n) is 2.94. The highest BCUT2D eigenvalue weighted by molar-refractivity contribution is 7.93. The van der Waals surface area contributed by atoms with Crippen molar-refractivity contribution in [3.05, 3.63) is 29.8 Å². The molecule has 2 unspecified atom stereocenters. The number of hydrogen-bond donors (Lipinski definition) is 1. The van der Waals surface area contributed by atoms with Gasteiger partial charge < -0.3 is 9.84 Å². The van der Waals surface area contributed by atoms with Crippen molar-refractivity contribution in [2.24, 2.45) is 0 Å². The van der Waals surface area contributed by atoms with Gasteiger partial charge in [-0.05, 0) is 24.1 Å². The molecular formula is C12H17ClO4S. The van der Waals surface area contributed by atoms with Gasteiger partial charge in [0.1, 0.15) is 11.9 Å². The molecule has 0 aliphatic rings. The molecule has 1 aromatic rings. The number of hydrogen-bond acceptors (Lipinski definition) is 4. The summed E-state index contributed by atoms with van der Waals surface area (Å²) in [5, 5.41) is 10.2. The predicted molar refractivity (Wildman–Crippen MR) is 71.7 cm³/mol. The topological polar surface area (TPSA) is 63.6 Å². The number of ether oxygens (including phenoxy) is 1. The number of rotatable bonds is 5. The smallest absolute Gasteiger partial charge is 0.174 e. The lowest BCUT2D eigenvalue weighted by Gasteiger charge is -2.29. The van der Waals surface area contributed by atoms with Crippen LogP contribution in [0, 0.1) is 0 Å². The van der Waals surface area contributed by atoms with Crippen LogP contribution in [0.5, 0.6) is 5.75 Å². The molecule has 0 spiro atoms. The summed E-state index contributed by atoms with van der Waals surface area (Å²) in [6.07, 6.45) is -0.151. The van der Waals surface area contributed by atoms with E-state index in [0.717, 1.165) is 6.26 Å². The maximum Gasteiger partial charge on any atom is 0.174 e. The maximum absolute atomic E-state index is 11.7. The Hall–Kier alpha value is -0.780. The summed E-state index contributed by atoms with van der Waals surface area (Å²) in [6, 6.07) is 6.49. The Labute approximate surface area is 112 Å². The van der Waals surface area contributed by atoms with E-state index in [9.17, 15) is 13.5 Å². The molecule has 0 fully saturated rings. The SMILES string of the molecule is CCC(Cl)(C(O)c1ccc(OC)cc1)S(C)(=O)=O. The van der Waals surface area contributed by atoms with Crippen LogP contribution in [0.4, 0.5) is 0 Å². The lowest BCUT2D eigenvalue weighted by molar-refractivity contribution is 0.155. The second-order valence-corrected chi connectivity index (χ2v) is 7.26. The molecule has 0 saturated carbocycles. The zero-order chi connectivity index (χ0) is 14.0. The van der Waals surface area contributed by atoms with E-state index in [2.05, 4.69) is 0 Å². The number of halogens is 1. The van der Waals surface area contributed by atoms with Gasteiger partial charge in [0.15, 0.2) is 14.0 Å². The molecule has 1 N–H and O–H groups in total. The lowest BCUT2D eigenvalue weighted by atomic mass is 10.0. The van der Waals surface area contributed by atoms with E-state index in [1.54, 1.807) is 31.2 Å². The van der Waals surface area contributed by atoms with E-state index in [1.807, 2.05) is 0 Å². The minimum atomic E-state index is -3.59. The fourth-order valence-corrected chi connectivity index (χ4v) is 2.89. The molecule has 0 amide bonds. The van der Waals surface area contributed by atoms with Crippen molar-refractivity contribution in [3.63, 3.8) is 0 Å². The molecule has 6 heteroatoms. The molecular weight excluding hydrogens is 276 g/mol. The average Bonchev–Trinajstić information content (AvgIpc) is 2.35. The second-order valence-electron chi connectivity index (χ2n) is 4.09. The summed E-state index contributed by atoms with van der Waals surface area (Å²) >= 11 is 6.09. The molecule has 0 aliphatic heterocycles. The summed E-state index contributed by atoms with van der Waals surface area (Å²) in [5.74, 6) is 0.627. The van der Waals surface area contributed by atoms with Gasteiger partial charge in [-0.25, -0.2) is 8.42 Å². The third kappa shape index (κ3) is 2.79. The number of methoxy groups -OCH3 is 1. The highest BCUT2D eigenvalue weighted by atomic mass is 35.5. The van der Waals surface area contributed by atoms with Crippen LogP contribution in [0.25, 0.3) is 0 Å². The van der Waals surface area contributed by atoms with Crippen LogP contribution in [-0.4, -0.2) is 31.1 Å². The third-order valence-corrected chi connectivity index (χ3v) is 6.00. The van der Waals surface area contributed by atoms with Crippen molar-refractivity contribution in [2.45, 2.75) is 23.7 Å². The summed E-state index contributed by atoms with van der Waals surface area (Å²) in [6.45, 7) is 1.63. The van der Waals surface area contributed by atoms with Gasteiger partial charge in [-0.1, -0.05) is 30.7 Å². The first-order valence-electron chi connectivity index (χ1n) is 5.46. The van der Waals surface area contributed by atoms with Crippen LogP contribution in [0.3, 0.4) is 0 Å². The average molecular weight is 293 g/mol. The zero-order valence-corrected chi connectivity index (χ0v) is 12.1. The number of alkyl halides is 1. The molecule has 2 atom stereocenters. The standard InChI is InChI=1S/C12H17ClO4S/c1-4-12(13,18(3,15)16)11(14)9-5-7-10(17-2)8-6-9/h5-8,11,14H,4H2,1-3H3. The van der Waals surface area contributed by atoms with Gasteiger partial charge in [-0.3, -0.25) is 0 Å². The van der Waals surface area contributed by atoms with E-state index in [-0.39, 0.29) is 6.42 Å². The Morgan fingerprint density at radius 1 is 1.39 bits per heavy atom. The van der Waals surface area contributed by atoms with Gasteiger partial charge in [0.25, 0.3) is 0 Å². The first kappa shape index (κ1) is 15.3. The van der Waals surface area contributed by atoms with E-state index in [1.165, 1.54) is 7.11 Å². The summed E-state index contributed by atoms with van der Waals surface area (Å²) in [4.78, 5) is 0. The minimum absolute atomic E-state index is 0.112. The van der Waals surface area contributed by atoms with Gasteiger partial charge in [-0.15, -0.1) is 0 Å². The molecule has 1 rings (SSSR count). The van der Waals surface area contributed by atoms with Gasteiger partial charge in [0.05, 0.1) is 7.11 Å². The first-order valence-corrected chi connectivity index (χ1v) is 7.73. The molecule has 0 radical (unpaired) electrons. The zero-order valence-electron chi connectivity index (χ0n) is 10.6. The molecule has 0 heterocycles. The molecule has 4 nitrogen and oxygen atoms in total. The van der Waals surface area contributed by atoms with E-state index in [4.69, 9.17) is 16.3 Å². The molecule has 18 heavy (non-hydrogen) atoms. The Morgan fingerprint density at radius 3 is 2.22 bits per heavy atom. The van der Waals surface area contributed by atoms with Crippen molar-refractivity contribution in [2.75, 3.05) is 13.4 Å². The van der Waals surface area contributed by atoms with Crippen LogP contribution in [0.2, 0.25) is 0 Å². The maximum atomic E-state index is 11.7. The molecule has 102 valence electrons. The predicted octanol–water partition coefficient (Wildman–Crippen LogP) is 2.12. The normalized spacial score (nSPS) is 16.9. The fourth-order valence-electron chi connectivity index (χ4n) is 1.69. The Morgan fingerprint density at radius 2 is 1.89 bits per heavy atom. The number of aliphatic hydroxyl groups excluding tert-OH is 1. The Balaban J connectivity index is 3.15. The number of sulfone groups is 1. The minimum Gasteiger partial charge on any atom is -0.497 e. The largest absolute Gasteiger partial charge is 0.497 e. The molecule has 0 aliphatic carbocycles. The van der Waals surface area contributed by atoms with Crippen molar-refractivity contribution in [1.82, 2.24) is 0 Å². The van der Waals surface area contributed by atoms with Crippen LogP contribution in [-0.2, 0) is 9.84 Å². The Kier molecular flexibility index (Phi) is 4.64. The summed E-state index contributed by atoms with van der Waals surface area (Å²) in [5.41, 5.74) is 0.443. The molecule has 0 bridgehead atoms. The van der Waals surface area contributed by atoms with Gasteiger partial charge in [0.2, 0.25) is 0 Å². The quantitative estimate of drug-likeness (QED) is 0.844. The molecule has 1 aromatic carbocycles. The lowest BCUT2D eigenvalue weighted by Crippen LogP contribution is -2.37. The van der Waals surface area contributed by atoms with E-state index in [0.29, 0.717) is 11.3 Å². The number of benzene rings is 1. The van der Waals surface area contributed by atoms with Crippen molar-refractivity contribution in [1.29, 1.82) is 0 Å². The van der Waals surface area contributed by atoms with Gasteiger partial charge in [0, 0.05) is 6.26 Å². The van der Waals surface area contributed by atoms with Crippen molar-refractivity contribution >= 4 is 21.4 Å². The van der Waals surface area contributed by atoms with Crippen LogP contribution < -0.4 is 4.74 Å². The number of aliphatic hydroxyl groups is 1. The highest BCUT2D eigenvalue weighted by Gasteiger charge is 2.44. The summed E-state index contributed by atoms with van der Waals surface area (Å²) < 4.78 is 26.7. The molecule has 0 aromatic heterocycles. The molecule has 0 saturated heterocycles. The monoisotopic (exact) mass is 292 g/mol.